The van der Waals surface area contributed by atoms with Crippen molar-refractivity contribution in [3.63, 3.8) is 0 Å². The Morgan fingerprint density at radius 1 is 1.12 bits per heavy atom. The number of hydrogen-bond acceptors (Lipinski definition) is 5. The van der Waals surface area contributed by atoms with Crippen molar-refractivity contribution in [1.82, 2.24) is 9.80 Å². The third-order valence-electron chi connectivity index (χ3n) is 5.89. The first-order chi connectivity index (χ1) is 16.0. The smallest absolute Gasteiger partial charge is 0.242 e. The van der Waals surface area contributed by atoms with Crippen LogP contribution in [0.25, 0.3) is 0 Å². The van der Waals surface area contributed by atoms with Crippen LogP contribution in [0.4, 0.5) is 0 Å². The molecule has 174 valence electrons. The molecule has 0 saturated heterocycles. The second-order valence-electron chi connectivity index (χ2n) is 8.74. The molecule has 0 spiro atoms. The zero-order valence-electron chi connectivity index (χ0n) is 19.3. The Morgan fingerprint density at radius 3 is 2.58 bits per heavy atom. The Kier molecular flexibility index (Phi) is 7.50. The summed E-state index contributed by atoms with van der Waals surface area (Å²) >= 11 is 3.32. The molecule has 4 rings (SSSR count). The van der Waals surface area contributed by atoms with Crippen LogP contribution in [-0.4, -0.2) is 48.4 Å². The summed E-state index contributed by atoms with van der Waals surface area (Å²) in [6.45, 7) is 5.48. The third-order valence-corrected chi connectivity index (χ3v) is 7.76. The maximum absolute atomic E-state index is 13.6. The first-order valence-electron chi connectivity index (χ1n) is 11.3. The van der Waals surface area contributed by atoms with E-state index in [1.54, 1.807) is 34.7 Å². The number of ether oxygens (including phenoxy) is 1. The van der Waals surface area contributed by atoms with Crippen LogP contribution < -0.4 is 4.74 Å². The summed E-state index contributed by atoms with van der Waals surface area (Å²) in [5, 5.41) is 4.08. The molecule has 2 amide bonds. The molecule has 0 bridgehead atoms. The van der Waals surface area contributed by atoms with Gasteiger partial charge in [0.05, 0.1) is 26.1 Å². The Bertz CT molecular complexity index is 1070. The highest BCUT2D eigenvalue weighted by Crippen LogP contribution is 2.38. The maximum Gasteiger partial charge on any atom is 0.242 e. The van der Waals surface area contributed by atoms with Crippen molar-refractivity contribution in [1.29, 1.82) is 0 Å². The number of fused-ring (bicyclic) bond motifs is 1. The Balaban J connectivity index is 1.57. The predicted octanol–water partition coefficient (Wildman–Crippen LogP) is 5.02. The van der Waals surface area contributed by atoms with Crippen molar-refractivity contribution < 1.29 is 14.3 Å². The summed E-state index contributed by atoms with van der Waals surface area (Å²) in [5.41, 5.74) is 2.24. The lowest BCUT2D eigenvalue weighted by Gasteiger charge is -2.38. The fourth-order valence-electron chi connectivity index (χ4n) is 4.35. The van der Waals surface area contributed by atoms with Gasteiger partial charge in [-0.2, -0.15) is 0 Å². The molecule has 1 aliphatic heterocycles. The van der Waals surface area contributed by atoms with E-state index in [2.05, 4.69) is 25.3 Å². The molecule has 0 N–H and O–H groups in total. The first-order valence-corrected chi connectivity index (χ1v) is 13.0. The Labute approximate surface area is 203 Å². The van der Waals surface area contributed by atoms with Gasteiger partial charge in [0, 0.05) is 22.8 Å². The zero-order chi connectivity index (χ0) is 23.4. The molecule has 7 heteroatoms. The number of rotatable bonds is 8. The van der Waals surface area contributed by atoms with Crippen molar-refractivity contribution in [2.24, 2.45) is 5.92 Å². The van der Waals surface area contributed by atoms with Crippen molar-refractivity contribution in [2.75, 3.05) is 26.7 Å². The van der Waals surface area contributed by atoms with E-state index in [-0.39, 0.29) is 30.3 Å². The van der Waals surface area contributed by atoms with Gasteiger partial charge < -0.3 is 14.5 Å². The van der Waals surface area contributed by atoms with Crippen LogP contribution in [0.15, 0.2) is 53.2 Å². The van der Waals surface area contributed by atoms with E-state index < -0.39 is 0 Å². The van der Waals surface area contributed by atoms with Crippen LogP contribution in [0.2, 0.25) is 0 Å². The monoisotopic (exact) mass is 482 g/mol. The molecule has 0 radical (unpaired) electrons. The molecule has 0 fully saturated rings. The molecule has 1 aromatic carbocycles. The molecule has 1 aliphatic rings. The van der Waals surface area contributed by atoms with E-state index in [4.69, 9.17) is 4.74 Å². The second kappa shape index (κ2) is 10.5. The van der Waals surface area contributed by atoms with Gasteiger partial charge in [-0.15, -0.1) is 22.7 Å². The second-order valence-corrected chi connectivity index (χ2v) is 10.8. The standard InChI is InChI=1S/C26H30N2O3S2/c1-18(2)16-27(24(29)15-21-5-4-13-32-21)17-25(30)28-12-10-23-22(11-14-33-23)26(28)19-6-8-20(31-3)9-7-19/h4-9,11,13-14,18,26H,10,12,15-17H2,1-3H3. The molecule has 5 nitrogen and oxygen atoms in total. The van der Waals surface area contributed by atoms with Crippen molar-refractivity contribution in [3.8, 4) is 5.75 Å². The molecule has 3 heterocycles. The van der Waals surface area contributed by atoms with Gasteiger partial charge in [0.1, 0.15) is 5.75 Å². The number of methoxy groups -OCH3 is 1. The zero-order valence-corrected chi connectivity index (χ0v) is 21.0. The first kappa shape index (κ1) is 23.5. The molecular formula is C26H30N2O3S2. The summed E-state index contributed by atoms with van der Waals surface area (Å²) in [5.74, 6) is 1.08. The van der Waals surface area contributed by atoms with E-state index in [0.29, 0.717) is 19.5 Å². The SMILES string of the molecule is COc1ccc(C2c3ccsc3CCN2C(=O)CN(CC(C)C)C(=O)Cc2cccs2)cc1. The molecule has 3 aromatic rings. The summed E-state index contributed by atoms with van der Waals surface area (Å²) < 4.78 is 5.32. The lowest BCUT2D eigenvalue weighted by atomic mass is 9.93. The lowest BCUT2D eigenvalue weighted by Crippen LogP contribution is -2.47. The Hall–Kier alpha value is -2.64. The fraction of sp³-hybridized carbons (Fsp3) is 0.385. The predicted molar refractivity (Wildman–Crippen MR) is 134 cm³/mol. The molecule has 0 saturated carbocycles. The minimum atomic E-state index is -0.147. The van der Waals surface area contributed by atoms with Gasteiger partial charge in [0.15, 0.2) is 0 Å². The average Bonchev–Trinajstić information content (AvgIpc) is 3.49. The summed E-state index contributed by atoms with van der Waals surface area (Å²) in [7, 11) is 1.65. The average molecular weight is 483 g/mol. The van der Waals surface area contributed by atoms with Crippen LogP contribution in [0.1, 0.15) is 40.8 Å². The van der Waals surface area contributed by atoms with Gasteiger partial charge in [0.2, 0.25) is 11.8 Å². The van der Waals surface area contributed by atoms with Gasteiger partial charge >= 0.3 is 0 Å². The third kappa shape index (κ3) is 5.47. The number of amides is 2. The lowest BCUT2D eigenvalue weighted by molar-refractivity contribution is -0.141. The van der Waals surface area contributed by atoms with Gasteiger partial charge in [0.25, 0.3) is 0 Å². The van der Waals surface area contributed by atoms with E-state index in [9.17, 15) is 9.59 Å². The van der Waals surface area contributed by atoms with E-state index >= 15 is 0 Å². The summed E-state index contributed by atoms with van der Waals surface area (Å²) in [4.78, 5) is 32.8. The molecule has 0 aliphatic carbocycles. The van der Waals surface area contributed by atoms with Gasteiger partial charge in [-0.1, -0.05) is 32.0 Å². The van der Waals surface area contributed by atoms with Gasteiger partial charge in [-0.25, -0.2) is 0 Å². The molecular weight excluding hydrogens is 452 g/mol. The molecule has 1 unspecified atom stereocenters. The normalized spacial score (nSPS) is 15.4. The van der Waals surface area contributed by atoms with Crippen molar-refractivity contribution >= 4 is 34.5 Å². The van der Waals surface area contributed by atoms with Crippen molar-refractivity contribution in [2.45, 2.75) is 32.7 Å². The van der Waals surface area contributed by atoms with E-state index in [0.717, 1.165) is 22.6 Å². The van der Waals surface area contributed by atoms with E-state index in [1.807, 2.05) is 46.7 Å². The number of carbonyl (C=O) groups excluding carboxylic acids is 2. The number of thiophene rings is 2. The topological polar surface area (TPSA) is 49.9 Å². The minimum absolute atomic E-state index is 0.00662. The highest BCUT2D eigenvalue weighted by atomic mass is 32.1. The number of nitrogens with zero attached hydrogens (tertiary/aromatic N) is 2. The largest absolute Gasteiger partial charge is 0.497 e. The summed E-state index contributed by atoms with van der Waals surface area (Å²) in [6, 6.07) is 13.9. The Morgan fingerprint density at radius 2 is 1.91 bits per heavy atom. The van der Waals surface area contributed by atoms with Crippen LogP contribution in [-0.2, 0) is 22.4 Å². The van der Waals surface area contributed by atoms with Crippen molar-refractivity contribution in [3.05, 3.63) is 74.1 Å². The van der Waals surface area contributed by atoms with Crippen LogP contribution in [0.3, 0.4) is 0 Å². The molecule has 2 aromatic heterocycles. The molecule has 1 atom stereocenters. The van der Waals surface area contributed by atoms with Crippen LogP contribution in [0, 0.1) is 5.92 Å². The number of carbonyl (C=O) groups is 2. The molecule has 33 heavy (non-hydrogen) atoms. The van der Waals surface area contributed by atoms with Gasteiger partial charge in [-0.3, -0.25) is 9.59 Å². The van der Waals surface area contributed by atoms with E-state index in [1.165, 1.54) is 10.4 Å². The summed E-state index contributed by atoms with van der Waals surface area (Å²) in [6.07, 6.45) is 1.19. The van der Waals surface area contributed by atoms with Gasteiger partial charge in [-0.05, 0) is 58.5 Å². The quantitative estimate of drug-likeness (QED) is 0.453. The minimum Gasteiger partial charge on any atom is -0.497 e. The van der Waals surface area contributed by atoms with Crippen LogP contribution >= 0.6 is 22.7 Å². The fourth-order valence-corrected chi connectivity index (χ4v) is 5.95. The highest BCUT2D eigenvalue weighted by molar-refractivity contribution is 7.10. The maximum atomic E-state index is 13.6. The van der Waals surface area contributed by atoms with Crippen LogP contribution in [0.5, 0.6) is 5.75 Å². The number of benzene rings is 1. The highest BCUT2D eigenvalue weighted by Gasteiger charge is 2.34. The number of hydrogen-bond donors (Lipinski definition) is 0.